The van der Waals surface area contributed by atoms with Crippen molar-refractivity contribution >= 4 is 43.2 Å². The summed E-state index contributed by atoms with van der Waals surface area (Å²) in [7, 11) is 0. The zero-order valence-electron chi connectivity index (χ0n) is 20.7. The van der Waals surface area contributed by atoms with E-state index in [1.54, 1.807) is 0 Å². The molecule has 3 aromatic carbocycles. The molecule has 188 valence electrons. The van der Waals surface area contributed by atoms with E-state index in [9.17, 15) is 0 Å². The molecule has 0 atom stereocenters. The van der Waals surface area contributed by atoms with Gasteiger partial charge in [-0.1, -0.05) is 91.0 Å². The third-order valence-electron chi connectivity index (χ3n) is 7.01. The number of aromatic nitrogens is 4. The lowest BCUT2D eigenvalue weighted by Crippen LogP contribution is -2.12. The van der Waals surface area contributed by atoms with Crippen LogP contribution in [0.2, 0.25) is 0 Å². The molecule has 0 aliphatic heterocycles. The van der Waals surface area contributed by atoms with Crippen molar-refractivity contribution in [1.29, 1.82) is 0 Å². The molecule has 0 aliphatic carbocycles. The van der Waals surface area contributed by atoms with Gasteiger partial charge in [0.25, 0.3) is 0 Å². The zero-order chi connectivity index (χ0) is 26.3. The predicted molar refractivity (Wildman–Crippen MR) is 164 cm³/mol. The monoisotopic (exact) mass is 632 g/mol. The molecule has 6 heteroatoms. The molecule has 0 N–H and O–H groups in total. The minimum atomic E-state index is -0.176. The number of hydrogen-bond acceptors (Lipinski definition) is 2. The van der Waals surface area contributed by atoms with Gasteiger partial charge in [-0.3, -0.25) is 0 Å². The highest BCUT2D eigenvalue weighted by molar-refractivity contribution is 9.10. The number of halogens is 2. The normalized spacial score (nSPS) is 11.6. The van der Waals surface area contributed by atoms with Gasteiger partial charge in [0.2, 0.25) is 0 Å². The minimum Gasteiger partial charge on any atom is -0.301 e. The molecule has 7 rings (SSSR count). The molecule has 0 fully saturated rings. The molecular formula is C33H22Br2N4. The third kappa shape index (κ3) is 4.30. The van der Waals surface area contributed by atoms with Crippen LogP contribution in [-0.2, 0) is 0 Å². The van der Waals surface area contributed by atoms with Gasteiger partial charge in [-0.25, -0.2) is 9.97 Å². The molecule has 0 amide bonds. The van der Waals surface area contributed by atoms with Gasteiger partial charge in [-0.2, -0.15) is 0 Å². The smallest absolute Gasteiger partial charge is 0.137 e. The van der Waals surface area contributed by atoms with Crippen LogP contribution >= 0.6 is 31.9 Å². The van der Waals surface area contributed by atoms with Crippen LogP contribution in [-0.4, -0.2) is 18.8 Å². The fourth-order valence-corrected chi connectivity index (χ4v) is 6.01. The number of hydrogen-bond donors (Lipinski definition) is 0. The van der Waals surface area contributed by atoms with Crippen LogP contribution < -0.4 is 0 Å². The average molecular weight is 634 g/mol. The summed E-state index contributed by atoms with van der Waals surface area (Å²) < 4.78 is 6.42. The van der Waals surface area contributed by atoms with Gasteiger partial charge < -0.3 is 8.80 Å². The minimum absolute atomic E-state index is 0.176. The van der Waals surface area contributed by atoms with Gasteiger partial charge in [0.05, 0.1) is 28.7 Å². The van der Waals surface area contributed by atoms with E-state index in [4.69, 9.17) is 9.97 Å². The quantitative estimate of drug-likeness (QED) is 0.190. The Balaban J connectivity index is 1.65. The molecule has 0 spiro atoms. The number of pyridine rings is 2. The van der Waals surface area contributed by atoms with E-state index >= 15 is 0 Å². The maximum atomic E-state index is 5.18. The maximum absolute atomic E-state index is 5.18. The first-order valence-corrected chi connectivity index (χ1v) is 14.3. The van der Waals surface area contributed by atoms with Crippen molar-refractivity contribution in [3.05, 3.63) is 154 Å². The third-order valence-corrected chi connectivity index (χ3v) is 7.95. The maximum Gasteiger partial charge on any atom is 0.137 e. The Morgan fingerprint density at radius 3 is 1.33 bits per heavy atom. The molecule has 7 aromatic rings. The van der Waals surface area contributed by atoms with Crippen LogP contribution in [0.3, 0.4) is 0 Å². The number of benzene rings is 3. The molecule has 0 radical (unpaired) electrons. The van der Waals surface area contributed by atoms with E-state index in [0.29, 0.717) is 0 Å². The van der Waals surface area contributed by atoms with Crippen LogP contribution in [0.25, 0.3) is 33.8 Å². The van der Waals surface area contributed by atoms with Crippen molar-refractivity contribution in [2.75, 3.05) is 0 Å². The molecule has 0 saturated heterocycles. The first kappa shape index (κ1) is 24.1. The topological polar surface area (TPSA) is 34.6 Å². The summed E-state index contributed by atoms with van der Waals surface area (Å²) in [5, 5.41) is 0. The van der Waals surface area contributed by atoms with Gasteiger partial charge in [-0.15, -0.1) is 0 Å². The highest BCUT2D eigenvalue weighted by Crippen LogP contribution is 2.42. The van der Waals surface area contributed by atoms with Gasteiger partial charge >= 0.3 is 0 Å². The van der Waals surface area contributed by atoms with E-state index in [1.165, 1.54) is 0 Å². The van der Waals surface area contributed by atoms with Crippen molar-refractivity contribution in [1.82, 2.24) is 18.8 Å². The lowest BCUT2D eigenvalue weighted by molar-refractivity contribution is 0.848. The van der Waals surface area contributed by atoms with Crippen LogP contribution in [0.4, 0.5) is 0 Å². The second kappa shape index (κ2) is 9.95. The summed E-state index contributed by atoms with van der Waals surface area (Å²) >= 11 is 7.43. The molecule has 4 aromatic heterocycles. The zero-order valence-corrected chi connectivity index (χ0v) is 23.9. The fourth-order valence-electron chi connectivity index (χ4n) is 5.33. The molecule has 0 saturated carbocycles. The first-order chi connectivity index (χ1) is 19.2. The van der Waals surface area contributed by atoms with Gasteiger partial charge in [0.1, 0.15) is 11.3 Å². The number of nitrogens with zero attached hydrogens (tertiary/aromatic N) is 4. The van der Waals surface area contributed by atoms with Crippen molar-refractivity contribution in [2.45, 2.75) is 5.92 Å². The molecule has 0 aliphatic rings. The van der Waals surface area contributed by atoms with Crippen LogP contribution in [0.15, 0.2) is 137 Å². The Morgan fingerprint density at radius 1 is 0.487 bits per heavy atom. The van der Waals surface area contributed by atoms with E-state index in [0.717, 1.165) is 59.7 Å². The highest BCUT2D eigenvalue weighted by atomic mass is 79.9. The summed E-state index contributed by atoms with van der Waals surface area (Å²) in [5.41, 5.74) is 9.17. The fraction of sp³-hybridized carbons (Fsp3) is 0.0303. The summed E-state index contributed by atoms with van der Waals surface area (Å²) in [6.07, 6.45) is 4.22. The Bertz CT molecular complexity index is 1800. The lowest BCUT2D eigenvalue weighted by atomic mass is 9.87. The Labute approximate surface area is 242 Å². The average Bonchev–Trinajstić information content (AvgIpc) is 3.54. The highest BCUT2D eigenvalue weighted by Gasteiger charge is 2.31. The predicted octanol–water partition coefficient (Wildman–Crippen LogP) is 9.02. The molecule has 39 heavy (non-hydrogen) atoms. The summed E-state index contributed by atoms with van der Waals surface area (Å²) in [6.45, 7) is 0. The first-order valence-electron chi connectivity index (χ1n) is 12.7. The molecule has 4 heterocycles. The van der Waals surface area contributed by atoms with Crippen molar-refractivity contribution < 1.29 is 0 Å². The van der Waals surface area contributed by atoms with E-state index in [-0.39, 0.29) is 5.92 Å². The van der Waals surface area contributed by atoms with Gasteiger partial charge in [-0.05, 0) is 61.7 Å². The molecule has 4 nitrogen and oxygen atoms in total. The standard InChI is InChI=1S/C33H22Br2N4/c34-25-16-18-27-36-30(23-12-6-2-7-13-23)32(38(27)20-25)29(22-10-4-1-5-11-22)33-31(24-14-8-3-9-15-24)37-28-19-17-26(35)21-39(28)33/h1-21,29H. The van der Waals surface area contributed by atoms with Crippen molar-refractivity contribution in [2.24, 2.45) is 0 Å². The second-order valence-corrected chi connectivity index (χ2v) is 11.2. The SMILES string of the molecule is Brc1ccc2nc(-c3ccccc3)c(C(c3ccccc3)c3c(-c4ccccc4)nc4ccc(Br)cn34)n2c1. The molecular weight excluding hydrogens is 612 g/mol. The number of imidazole rings is 2. The van der Waals surface area contributed by atoms with E-state index < -0.39 is 0 Å². The van der Waals surface area contributed by atoms with Crippen molar-refractivity contribution in [3.63, 3.8) is 0 Å². The Kier molecular flexibility index (Phi) is 6.14. The largest absolute Gasteiger partial charge is 0.301 e. The summed E-state index contributed by atoms with van der Waals surface area (Å²) in [6, 6.07) is 39.7. The Morgan fingerprint density at radius 2 is 0.897 bits per heavy atom. The van der Waals surface area contributed by atoms with Crippen LogP contribution in [0.5, 0.6) is 0 Å². The number of fused-ring (bicyclic) bond motifs is 2. The van der Waals surface area contributed by atoms with Gasteiger partial charge in [0, 0.05) is 32.5 Å². The van der Waals surface area contributed by atoms with Crippen LogP contribution in [0.1, 0.15) is 22.9 Å². The van der Waals surface area contributed by atoms with E-state index in [2.05, 4.69) is 144 Å². The lowest BCUT2D eigenvalue weighted by Gasteiger charge is -2.21. The van der Waals surface area contributed by atoms with Crippen LogP contribution in [0, 0.1) is 0 Å². The molecule has 0 unspecified atom stereocenters. The number of rotatable bonds is 5. The summed E-state index contributed by atoms with van der Waals surface area (Å²) in [5.74, 6) is -0.176. The summed E-state index contributed by atoms with van der Waals surface area (Å²) in [4.78, 5) is 10.4. The van der Waals surface area contributed by atoms with Crippen molar-refractivity contribution in [3.8, 4) is 22.5 Å². The molecule has 0 bridgehead atoms. The second-order valence-electron chi connectivity index (χ2n) is 9.42. The van der Waals surface area contributed by atoms with E-state index in [1.807, 2.05) is 24.3 Å². The Hall–Kier alpha value is -4.00. The van der Waals surface area contributed by atoms with Gasteiger partial charge in [0.15, 0.2) is 0 Å².